The van der Waals surface area contributed by atoms with Crippen molar-refractivity contribution in [1.82, 2.24) is 5.32 Å². The van der Waals surface area contributed by atoms with E-state index < -0.39 is 5.82 Å². The normalized spacial score (nSPS) is 12.2. The summed E-state index contributed by atoms with van der Waals surface area (Å²) in [5, 5.41) is 3.30. The van der Waals surface area contributed by atoms with Crippen LogP contribution >= 0.6 is 27.5 Å². The zero-order chi connectivity index (χ0) is 14.7. The summed E-state index contributed by atoms with van der Waals surface area (Å²) in [5.41, 5.74) is 1.81. The van der Waals surface area contributed by atoms with Crippen molar-refractivity contribution in [1.29, 1.82) is 0 Å². The molecule has 0 spiro atoms. The van der Waals surface area contributed by atoms with Crippen LogP contribution in [0.25, 0.3) is 0 Å². The van der Waals surface area contributed by atoms with Gasteiger partial charge in [-0.05, 0) is 58.4 Å². The third kappa shape index (κ3) is 3.14. The number of ether oxygens (including phenoxy) is 1. The van der Waals surface area contributed by atoms with Gasteiger partial charge in [-0.3, -0.25) is 0 Å². The predicted octanol–water partition coefficient (Wildman–Crippen LogP) is 4.56. The minimum atomic E-state index is -0.419. The van der Waals surface area contributed by atoms with Gasteiger partial charge in [-0.2, -0.15) is 0 Å². The lowest BCUT2D eigenvalue weighted by Crippen LogP contribution is -2.17. The Morgan fingerprint density at radius 3 is 2.40 bits per heavy atom. The number of rotatable bonds is 4. The summed E-state index contributed by atoms with van der Waals surface area (Å²) in [7, 11) is 3.44. The van der Waals surface area contributed by atoms with Crippen LogP contribution in [0.3, 0.4) is 0 Å². The second kappa shape index (κ2) is 6.57. The highest BCUT2D eigenvalue weighted by Crippen LogP contribution is 2.31. The standard InChI is InChI=1S/C15H14BrClFNO/c1-19-15(10-3-5-12(17)13(18)8-10)9-4-6-14(20-2)11(16)7-9/h3-8,15,19H,1-2H3. The van der Waals surface area contributed by atoms with Gasteiger partial charge in [0.15, 0.2) is 0 Å². The van der Waals surface area contributed by atoms with E-state index in [0.29, 0.717) is 0 Å². The van der Waals surface area contributed by atoms with Gasteiger partial charge >= 0.3 is 0 Å². The van der Waals surface area contributed by atoms with Gasteiger partial charge in [0.25, 0.3) is 0 Å². The molecule has 0 aliphatic heterocycles. The Labute approximate surface area is 131 Å². The summed E-state index contributed by atoms with van der Waals surface area (Å²) in [6, 6.07) is 10.5. The van der Waals surface area contributed by atoms with Crippen LogP contribution in [0.1, 0.15) is 17.2 Å². The van der Waals surface area contributed by atoms with Gasteiger partial charge in [-0.15, -0.1) is 0 Å². The van der Waals surface area contributed by atoms with Gasteiger partial charge in [0, 0.05) is 0 Å². The van der Waals surface area contributed by atoms with E-state index in [2.05, 4.69) is 21.2 Å². The molecule has 0 bridgehead atoms. The molecule has 2 rings (SSSR count). The van der Waals surface area contributed by atoms with Crippen molar-refractivity contribution in [2.75, 3.05) is 14.2 Å². The van der Waals surface area contributed by atoms with Crippen LogP contribution in [0.5, 0.6) is 5.75 Å². The number of nitrogens with one attached hydrogen (secondary N) is 1. The molecule has 0 aliphatic rings. The molecule has 0 fully saturated rings. The van der Waals surface area contributed by atoms with Crippen molar-refractivity contribution in [3.63, 3.8) is 0 Å². The average Bonchev–Trinajstić information content (AvgIpc) is 2.44. The summed E-state index contributed by atoms with van der Waals surface area (Å²) in [6.07, 6.45) is 0. The molecular formula is C15H14BrClFNO. The van der Waals surface area contributed by atoms with Crippen molar-refractivity contribution in [2.45, 2.75) is 6.04 Å². The third-order valence-corrected chi connectivity index (χ3v) is 4.00. The summed E-state index contributed by atoms with van der Waals surface area (Å²) in [6.45, 7) is 0. The quantitative estimate of drug-likeness (QED) is 0.865. The molecule has 2 nitrogen and oxygen atoms in total. The highest BCUT2D eigenvalue weighted by Gasteiger charge is 2.15. The van der Waals surface area contributed by atoms with Gasteiger partial charge in [0.2, 0.25) is 0 Å². The molecule has 2 aromatic carbocycles. The molecule has 1 unspecified atom stereocenters. The lowest BCUT2D eigenvalue weighted by Gasteiger charge is -2.18. The largest absolute Gasteiger partial charge is 0.496 e. The van der Waals surface area contributed by atoms with E-state index in [1.165, 1.54) is 6.07 Å². The first-order valence-corrected chi connectivity index (χ1v) is 7.19. The van der Waals surface area contributed by atoms with E-state index >= 15 is 0 Å². The monoisotopic (exact) mass is 357 g/mol. The average molecular weight is 359 g/mol. The van der Waals surface area contributed by atoms with Crippen molar-refractivity contribution in [3.8, 4) is 5.75 Å². The number of methoxy groups -OCH3 is 1. The van der Waals surface area contributed by atoms with Gasteiger partial charge in [0.05, 0.1) is 22.6 Å². The third-order valence-electron chi connectivity index (χ3n) is 3.07. The zero-order valence-corrected chi connectivity index (χ0v) is 13.4. The molecule has 5 heteroatoms. The fourth-order valence-corrected chi connectivity index (χ4v) is 2.76. The SMILES string of the molecule is CNC(c1ccc(Cl)c(F)c1)c1ccc(OC)c(Br)c1. The van der Waals surface area contributed by atoms with E-state index in [0.717, 1.165) is 21.3 Å². The Hall–Kier alpha value is -1.10. The van der Waals surface area contributed by atoms with E-state index in [1.807, 2.05) is 31.3 Å². The Balaban J connectivity index is 2.41. The molecule has 0 heterocycles. The maximum absolute atomic E-state index is 13.6. The highest BCUT2D eigenvalue weighted by molar-refractivity contribution is 9.10. The Bertz CT molecular complexity index is 621. The molecule has 0 radical (unpaired) electrons. The maximum Gasteiger partial charge on any atom is 0.142 e. The Kier molecular flexibility index (Phi) is 5.02. The molecule has 0 amide bonds. The van der Waals surface area contributed by atoms with Crippen LogP contribution < -0.4 is 10.1 Å². The minimum Gasteiger partial charge on any atom is -0.496 e. The van der Waals surface area contributed by atoms with Crippen molar-refractivity contribution < 1.29 is 9.13 Å². The minimum absolute atomic E-state index is 0.121. The smallest absolute Gasteiger partial charge is 0.142 e. The molecule has 1 N–H and O–H groups in total. The highest BCUT2D eigenvalue weighted by atomic mass is 79.9. The molecule has 0 saturated carbocycles. The molecule has 0 aliphatic carbocycles. The van der Waals surface area contributed by atoms with Crippen molar-refractivity contribution >= 4 is 27.5 Å². The van der Waals surface area contributed by atoms with Crippen LogP contribution in [0.15, 0.2) is 40.9 Å². The molecule has 0 saturated heterocycles. The zero-order valence-electron chi connectivity index (χ0n) is 11.1. The topological polar surface area (TPSA) is 21.3 Å². The number of halogens is 3. The summed E-state index contributed by atoms with van der Waals surface area (Å²) >= 11 is 9.18. The summed E-state index contributed by atoms with van der Waals surface area (Å²) < 4.78 is 19.7. The first-order chi connectivity index (χ1) is 9.56. The van der Waals surface area contributed by atoms with Gasteiger partial charge in [-0.1, -0.05) is 23.7 Å². The second-order valence-electron chi connectivity index (χ2n) is 4.29. The molecule has 106 valence electrons. The van der Waals surface area contributed by atoms with E-state index in [-0.39, 0.29) is 11.1 Å². The van der Waals surface area contributed by atoms with Crippen LogP contribution in [-0.2, 0) is 0 Å². The number of hydrogen-bond donors (Lipinski definition) is 1. The fourth-order valence-electron chi connectivity index (χ4n) is 2.08. The lowest BCUT2D eigenvalue weighted by molar-refractivity contribution is 0.412. The van der Waals surface area contributed by atoms with Crippen LogP contribution in [0, 0.1) is 5.82 Å². The van der Waals surface area contributed by atoms with E-state index in [1.54, 1.807) is 13.2 Å². The second-order valence-corrected chi connectivity index (χ2v) is 5.55. The summed E-state index contributed by atoms with van der Waals surface area (Å²) in [4.78, 5) is 0. The molecule has 20 heavy (non-hydrogen) atoms. The maximum atomic E-state index is 13.6. The predicted molar refractivity (Wildman–Crippen MR) is 83.0 cm³/mol. The van der Waals surface area contributed by atoms with Gasteiger partial charge < -0.3 is 10.1 Å². The fraction of sp³-hybridized carbons (Fsp3) is 0.200. The first-order valence-electron chi connectivity index (χ1n) is 6.02. The van der Waals surface area contributed by atoms with Crippen molar-refractivity contribution in [2.24, 2.45) is 0 Å². The van der Waals surface area contributed by atoms with E-state index in [9.17, 15) is 4.39 Å². The number of benzene rings is 2. The van der Waals surface area contributed by atoms with Crippen molar-refractivity contribution in [3.05, 3.63) is 62.8 Å². The van der Waals surface area contributed by atoms with Crippen LogP contribution in [0.2, 0.25) is 5.02 Å². The Morgan fingerprint density at radius 1 is 1.20 bits per heavy atom. The number of hydrogen-bond acceptors (Lipinski definition) is 2. The lowest BCUT2D eigenvalue weighted by atomic mass is 9.98. The van der Waals surface area contributed by atoms with Gasteiger partial charge in [-0.25, -0.2) is 4.39 Å². The molecule has 1 atom stereocenters. The Morgan fingerprint density at radius 2 is 1.85 bits per heavy atom. The molecule has 2 aromatic rings. The molecular weight excluding hydrogens is 345 g/mol. The summed E-state index contributed by atoms with van der Waals surface area (Å²) in [5.74, 6) is 0.336. The van der Waals surface area contributed by atoms with Gasteiger partial charge in [0.1, 0.15) is 11.6 Å². The van der Waals surface area contributed by atoms with Crippen LogP contribution in [-0.4, -0.2) is 14.2 Å². The van der Waals surface area contributed by atoms with Crippen LogP contribution in [0.4, 0.5) is 4.39 Å². The molecule has 0 aromatic heterocycles. The first kappa shape index (κ1) is 15.3. The van der Waals surface area contributed by atoms with E-state index in [4.69, 9.17) is 16.3 Å².